The quantitative estimate of drug-likeness (QED) is 0.836. The molecule has 1 aliphatic heterocycles. The number of carboxylic acid groups (broad SMARTS) is 1. The predicted molar refractivity (Wildman–Crippen MR) is 81.0 cm³/mol. The normalized spacial score (nSPS) is 20.4. The third kappa shape index (κ3) is 4.62. The van der Waals surface area contributed by atoms with Crippen LogP contribution in [-0.2, 0) is 9.59 Å². The summed E-state index contributed by atoms with van der Waals surface area (Å²) in [4.78, 5) is 35.7. The maximum absolute atomic E-state index is 12.9. The van der Waals surface area contributed by atoms with Crippen LogP contribution in [0, 0.1) is 11.8 Å². The number of halogens is 4. The Morgan fingerprint density at radius 3 is 2.48 bits per heavy atom. The monoisotopic (exact) mass is 378 g/mol. The molecule has 2 amide bonds. The number of alkyl halides is 3. The Bertz CT molecular complexity index is 696. The Hall–Kier alpha value is -2.29. The summed E-state index contributed by atoms with van der Waals surface area (Å²) in [6, 6.07) is 5.92. The Morgan fingerprint density at radius 2 is 1.96 bits per heavy atom. The molecule has 1 aliphatic rings. The highest BCUT2D eigenvalue weighted by Crippen LogP contribution is 2.37. The number of likely N-dealkylation sites (tertiary alicyclic amines) is 1. The highest BCUT2D eigenvalue weighted by Gasteiger charge is 2.53. The minimum absolute atomic E-state index is 0.193. The maximum Gasteiger partial charge on any atom is 0.394 e. The van der Waals surface area contributed by atoms with Crippen LogP contribution >= 0.6 is 11.6 Å². The van der Waals surface area contributed by atoms with E-state index in [0.29, 0.717) is 5.02 Å². The largest absolute Gasteiger partial charge is 0.481 e. The van der Waals surface area contributed by atoms with Gasteiger partial charge in [-0.1, -0.05) is 17.7 Å². The molecule has 0 aromatic heterocycles. The van der Waals surface area contributed by atoms with Crippen molar-refractivity contribution in [3.05, 3.63) is 34.9 Å². The summed E-state index contributed by atoms with van der Waals surface area (Å²) in [6.07, 6.45) is -4.72. The number of rotatable bonds is 4. The highest BCUT2D eigenvalue weighted by molar-refractivity contribution is 6.30. The van der Waals surface area contributed by atoms with Gasteiger partial charge in [0.1, 0.15) is 0 Å². The van der Waals surface area contributed by atoms with Crippen molar-refractivity contribution in [1.82, 2.24) is 10.2 Å². The number of aliphatic carboxylic acids is 1. The third-order valence-electron chi connectivity index (χ3n) is 3.90. The number of amides is 2. The molecule has 10 heteroatoms. The molecule has 1 fully saturated rings. The smallest absolute Gasteiger partial charge is 0.394 e. The average Bonchev–Trinajstić information content (AvgIpc) is 2.98. The van der Waals surface area contributed by atoms with Gasteiger partial charge in [-0.3, -0.25) is 14.4 Å². The van der Waals surface area contributed by atoms with Crippen molar-refractivity contribution in [2.45, 2.75) is 6.18 Å². The Morgan fingerprint density at radius 1 is 1.28 bits per heavy atom. The number of hydrogen-bond donors (Lipinski definition) is 2. The van der Waals surface area contributed by atoms with Crippen molar-refractivity contribution in [3.63, 3.8) is 0 Å². The summed E-state index contributed by atoms with van der Waals surface area (Å²) in [5.74, 6) is -6.85. The number of nitrogens with zero attached hydrogens (tertiary/aromatic N) is 1. The lowest BCUT2D eigenvalue weighted by atomic mass is 9.96. The molecule has 25 heavy (non-hydrogen) atoms. The maximum atomic E-state index is 12.9. The van der Waals surface area contributed by atoms with E-state index in [1.165, 1.54) is 18.2 Å². The summed E-state index contributed by atoms with van der Waals surface area (Å²) in [6.45, 7) is -1.83. The van der Waals surface area contributed by atoms with E-state index in [2.05, 4.69) is 5.32 Å². The standard InChI is InChI=1S/C15H14ClF3N2O4/c16-9-3-1-2-8(4-9)13(23)20-5-12(22)21-6-10(14(24)25)11(7-21)15(17,18)19/h1-4,10-11H,5-7H2,(H,20,23)(H,24,25)/t10-,11-/m1/s1. The van der Waals surface area contributed by atoms with Crippen LogP contribution in [0.2, 0.25) is 5.02 Å². The number of carbonyl (C=O) groups is 3. The lowest BCUT2D eigenvalue weighted by Gasteiger charge is -2.18. The first kappa shape index (κ1) is 19.0. The average molecular weight is 379 g/mol. The molecule has 1 aromatic rings. The van der Waals surface area contributed by atoms with Gasteiger partial charge in [0.25, 0.3) is 5.91 Å². The van der Waals surface area contributed by atoms with Crippen LogP contribution < -0.4 is 5.32 Å². The molecule has 136 valence electrons. The zero-order valence-corrected chi connectivity index (χ0v) is 13.5. The lowest BCUT2D eigenvalue weighted by Crippen LogP contribution is -2.39. The van der Waals surface area contributed by atoms with Crippen LogP contribution in [0.4, 0.5) is 13.2 Å². The van der Waals surface area contributed by atoms with Gasteiger partial charge in [0, 0.05) is 23.7 Å². The Balaban J connectivity index is 1.97. The van der Waals surface area contributed by atoms with Gasteiger partial charge in [0.05, 0.1) is 18.4 Å². The van der Waals surface area contributed by atoms with Gasteiger partial charge in [-0.25, -0.2) is 0 Å². The van der Waals surface area contributed by atoms with E-state index < -0.39 is 55.4 Å². The van der Waals surface area contributed by atoms with Crippen LogP contribution in [0.3, 0.4) is 0 Å². The molecule has 1 heterocycles. The second kappa shape index (κ2) is 7.30. The van der Waals surface area contributed by atoms with E-state index in [4.69, 9.17) is 16.7 Å². The zero-order chi connectivity index (χ0) is 18.8. The minimum Gasteiger partial charge on any atom is -0.481 e. The Kier molecular flexibility index (Phi) is 5.56. The molecule has 2 atom stereocenters. The van der Waals surface area contributed by atoms with Gasteiger partial charge in [-0.15, -0.1) is 0 Å². The highest BCUT2D eigenvalue weighted by atomic mass is 35.5. The first-order valence-corrected chi connectivity index (χ1v) is 7.58. The molecule has 1 saturated heterocycles. The molecular weight excluding hydrogens is 365 g/mol. The molecule has 0 aliphatic carbocycles. The van der Waals surface area contributed by atoms with Crippen LogP contribution in [0.15, 0.2) is 24.3 Å². The lowest BCUT2D eigenvalue weighted by molar-refractivity contribution is -0.188. The van der Waals surface area contributed by atoms with Gasteiger partial charge in [0.15, 0.2) is 0 Å². The van der Waals surface area contributed by atoms with Gasteiger partial charge >= 0.3 is 12.1 Å². The van der Waals surface area contributed by atoms with Gasteiger partial charge < -0.3 is 15.3 Å². The zero-order valence-electron chi connectivity index (χ0n) is 12.7. The molecule has 6 nitrogen and oxygen atoms in total. The second-order valence-corrected chi connectivity index (χ2v) is 6.02. The molecule has 0 bridgehead atoms. The molecule has 1 aromatic carbocycles. The van der Waals surface area contributed by atoms with E-state index in [-0.39, 0.29) is 5.56 Å². The number of benzene rings is 1. The first-order valence-electron chi connectivity index (χ1n) is 7.20. The van der Waals surface area contributed by atoms with Crippen molar-refractivity contribution in [1.29, 1.82) is 0 Å². The van der Waals surface area contributed by atoms with Crippen LogP contribution in [0.5, 0.6) is 0 Å². The van der Waals surface area contributed by atoms with Crippen LogP contribution in [-0.4, -0.2) is 53.6 Å². The van der Waals surface area contributed by atoms with Gasteiger partial charge in [-0.2, -0.15) is 13.2 Å². The van der Waals surface area contributed by atoms with E-state index in [0.717, 1.165) is 4.90 Å². The third-order valence-corrected chi connectivity index (χ3v) is 4.13. The minimum atomic E-state index is -4.72. The van der Waals surface area contributed by atoms with Gasteiger partial charge in [0.2, 0.25) is 5.91 Å². The van der Waals surface area contributed by atoms with E-state index >= 15 is 0 Å². The fourth-order valence-electron chi connectivity index (χ4n) is 2.59. The van der Waals surface area contributed by atoms with Crippen LogP contribution in [0.1, 0.15) is 10.4 Å². The summed E-state index contributed by atoms with van der Waals surface area (Å²) >= 11 is 5.74. The van der Waals surface area contributed by atoms with Crippen molar-refractivity contribution in [2.75, 3.05) is 19.6 Å². The summed E-state index contributed by atoms with van der Waals surface area (Å²) in [5, 5.41) is 11.5. The van der Waals surface area contributed by atoms with Crippen molar-refractivity contribution in [3.8, 4) is 0 Å². The molecule has 0 spiro atoms. The van der Waals surface area contributed by atoms with Crippen molar-refractivity contribution in [2.24, 2.45) is 11.8 Å². The summed E-state index contributed by atoms with van der Waals surface area (Å²) in [7, 11) is 0. The molecule has 0 saturated carbocycles. The fourth-order valence-corrected chi connectivity index (χ4v) is 2.78. The van der Waals surface area contributed by atoms with Crippen LogP contribution in [0.25, 0.3) is 0 Å². The van der Waals surface area contributed by atoms with E-state index in [1.807, 2.05) is 0 Å². The second-order valence-electron chi connectivity index (χ2n) is 5.58. The van der Waals surface area contributed by atoms with Crippen molar-refractivity contribution < 1.29 is 32.7 Å². The molecule has 0 unspecified atom stereocenters. The number of carbonyl (C=O) groups excluding carboxylic acids is 2. The number of nitrogens with one attached hydrogen (secondary N) is 1. The topological polar surface area (TPSA) is 86.7 Å². The Labute approximate surface area is 145 Å². The van der Waals surface area contributed by atoms with Crippen molar-refractivity contribution >= 4 is 29.4 Å². The number of carboxylic acids is 1. The molecule has 2 rings (SSSR count). The number of hydrogen-bond acceptors (Lipinski definition) is 3. The fraction of sp³-hybridized carbons (Fsp3) is 0.400. The summed E-state index contributed by atoms with van der Waals surface area (Å²) < 4.78 is 38.7. The summed E-state index contributed by atoms with van der Waals surface area (Å²) in [5.41, 5.74) is 0.193. The predicted octanol–water partition coefficient (Wildman–Crippen LogP) is 1.79. The molecule has 2 N–H and O–H groups in total. The molecular formula is C15H14ClF3N2O4. The van der Waals surface area contributed by atoms with E-state index in [9.17, 15) is 27.6 Å². The van der Waals surface area contributed by atoms with Gasteiger partial charge in [-0.05, 0) is 18.2 Å². The van der Waals surface area contributed by atoms with E-state index in [1.54, 1.807) is 6.07 Å². The molecule has 0 radical (unpaired) electrons. The first-order chi connectivity index (χ1) is 11.6. The SMILES string of the molecule is O=C(NCC(=O)N1C[C@@H](C(F)(F)F)[C@H](C(=O)O)C1)c1cccc(Cl)c1.